The Bertz CT molecular complexity index is 225. The van der Waals surface area contributed by atoms with E-state index in [4.69, 9.17) is 5.11 Å². The summed E-state index contributed by atoms with van der Waals surface area (Å²) in [4.78, 5) is 11.1. The second-order valence-corrected chi connectivity index (χ2v) is 4.97. The van der Waals surface area contributed by atoms with Gasteiger partial charge in [0.25, 0.3) is 0 Å². The van der Waals surface area contributed by atoms with E-state index < -0.39 is 11.6 Å². The molecular weight excluding hydrogens is 180 g/mol. The molecule has 1 saturated carbocycles. The first kappa shape index (κ1) is 11.5. The molecule has 1 fully saturated rings. The summed E-state index contributed by atoms with van der Waals surface area (Å²) < 4.78 is 0. The van der Waals surface area contributed by atoms with E-state index in [1.807, 2.05) is 20.8 Å². The molecule has 0 aliphatic heterocycles. The van der Waals surface area contributed by atoms with Gasteiger partial charge in [-0.15, -0.1) is 0 Å². The third-order valence-corrected chi connectivity index (χ3v) is 3.42. The highest BCUT2D eigenvalue weighted by atomic mass is 16.4. The molecule has 1 rings (SSSR count). The molecule has 3 heteroatoms. The number of hydrogen-bond acceptors (Lipinski definition) is 2. The average Bonchev–Trinajstić information content (AvgIpc) is 2.02. The zero-order valence-electron chi connectivity index (χ0n) is 9.16. The summed E-state index contributed by atoms with van der Waals surface area (Å²) in [6.45, 7) is 5.97. The lowest BCUT2D eigenvalue weighted by molar-refractivity contribution is -0.174. The zero-order valence-corrected chi connectivity index (χ0v) is 9.16. The smallest absolute Gasteiger partial charge is 0.335 e. The largest absolute Gasteiger partial charge is 0.479 e. The normalized spacial score (nSPS) is 38.6. The van der Waals surface area contributed by atoms with Gasteiger partial charge in [0.15, 0.2) is 5.60 Å². The van der Waals surface area contributed by atoms with Gasteiger partial charge in [-0.25, -0.2) is 4.79 Å². The minimum Gasteiger partial charge on any atom is -0.479 e. The Labute approximate surface area is 85.1 Å². The van der Waals surface area contributed by atoms with Crippen LogP contribution in [0.15, 0.2) is 0 Å². The van der Waals surface area contributed by atoms with Gasteiger partial charge in [-0.1, -0.05) is 27.2 Å². The van der Waals surface area contributed by atoms with E-state index in [1.54, 1.807) is 0 Å². The Morgan fingerprint density at radius 2 is 2.00 bits per heavy atom. The molecule has 0 aromatic rings. The fourth-order valence-corrected chi connectivity index (χ4v) is 2.62. The molecule has 0 amide bonds. The van der Waals surface area contributed by atoms with Gasteiger partial charge >= 0.3 is 5.97 Å². The van der Waals surface area contributed by atoms with Crippen LogP contribution >= 0.6 is 0 Å². The Morgan fingerprint density at radius 1 is 1.43 bits per heavy atom. The van der Waals surface area contributed by atoms with Gasteiger partial charge in [0.1, 0.15) is 0 Å². The predicted octanol–water partition coefficient (Wildman–Crippen LogP) is 1.89. The second-order valence-electron chi connectivity index (χ2n) is 4.97. The lowest BCUT2D eigenvalue weighted by Gasteiger charge is -2.41. The van der Waals surface area contributed by atoms with Crippen LogP contribution in [0.25, 0.3) is 0 Å². The van der Waals surface area contributed by atoms with Crippen molar-refractivity contribution in [2.75, 3.05) is 0 Å². The SMILES string of the molecule is CC1CCC(C(C)C)C(O)(C(=O)O)C1. The van der Waals surface area contributed by atoms with E-state index in [0.29, 0.717) is 12.3 Å². The van der Waals surface area contributed by atoms with Gasteiger partial charge in [0.05, 0.1) is 0 Å². The number of rotatable bonds is 2. The van der Waals surface area contributed by atoms with Crippen LogP contribution in [0.3, 0.4) is 0 Å². The minimum absolute atomic E-state index is 0.101. The number of carboxylic acid groups (broad SMARTS) is 1. The van der Waals surface area contributed by atoms with E-state index >= 15 is 0 Å². The molecule has 0 aromatic heterocycles. The molecule has 82 valence electrons. The number of carbonyl (C=O) groups is 1. The topological polar surface area (TPSA) is 57.5 Å². The van der Waals surface area contributed by atoms with E-state index in [9.17, 15) is 9.90 Å². The van der Waals surface area contributed by atoms with Gasteiger partial charge in [0, 0.05) is 5.92 Å². The van der Waals surface area contributed by atoms with Crippen molar-refractivity contribution in [1.82, 2.24) is 0 Å². The van der Waals surface area contributed by atoms with Gasteiger partial charge in [-0.3, -0.25) is 0 Å². The summed E-state index contributed by atoms with van der Waals surface area (Å²) in [5.41, 5.74) is -1.49. The van der Waals surface area contributed by atoms with Gasteiger partial charge < -0.3 is 10.2 Å². The van der Waals surface area contributed by atoms with Crippen molar-refractivity contribution >= 4 is 5.97 Å². The Kier molecular flexibility index (Phi) is 3.20. The average molecular weight is 200 g/mol. The second kappa shape index (κ2) is 3.89. The van der Waals surface area contributed by atoms with Crippen LogP contribution < -0.4 is 0 Å². The highest BCUT2D eigenvalue weighted by Gasteiger charge is 2.48. The highest BCUT2D eigenvalue weighted by molar-refractivity contribution is 5.77. The fourth-order valence-electron chi connectivity index (χ4n) is 2.62. The summed E-state index contributed by atoms with van der Waals surface area (Å²) in [6, 6.07) is 0. The van der Waals surface area contributed by atoms with Crippen molar-refractivity contribution in [3.63, 3.8) is 0 Å². The number of hydrogen-bond donors (Lipinski definition) is 2. The maximum absolute atomic E-state index is 11.1. The molecule has 14 heavy (non-hydrogen) atoms. The standard InChI is InChI=1S/C11H20O3/c1-7(2)9-5-4-8(3)6-11(9,14)10(12)13/h7-9,14H,4-6H2,1-3H3,(H,12,13). The minimum atomic E-state index is -1.49. The molecule has 0 radical (unpaired) electrons. The summed E-state index contributed by atoms with van der Waals surface area (Å²) in [5, 5.41) is 19.2. The zero-order chi connectivity index (χ0) is 10.9. The molecule has 0 heterocycles. The molecule has 0 bridgehead atoms. The summed E-state index contributed by atoms with van der Waals surface area (Å²) in [6.07, 6.45) is 2.24. The van der Waals surface area contributed by atoms with E-state index in [0.717, 1.165) is 12.8 Å². The third-order valence-electron chi connectivity index (χ3n) is 3.42. The van der Waals surface area contributed by atoms with Crippen molar-refractivity contribution in [2.24, 2.45) is 17.8 Å². The first-order valence-corrected chi connectivity index (χ1v) is 5.33. The lowest BCUT2D eigenvalue weighted by Crippen LogP contribution is -2.51. The fraction of sp³-hybridized carbons (Fsp3) is 0.909. The molecule has 3 atom stereocenters. The Balaban J connectivity index is 2.88. The molecule has 3 nitrogen and oxygen atoms in total. The number of carboxylic acids is 1. The van der Waals surface area contributed by atoms with E-state index in [1.165, 1.54) is 0 Å². The summed E-state index contributed by atoms with van der Waals surface area (Å²) in [5.74, 6) is -0.617. The van der Waals surface area contributed by atoms with Crippen molar-refractivity contribution in [1.29, 1.82) is 0 Å². The first-order chi connectivity index (χ1) is 6.38. The van der Waals surface area contributed by atoms with Gasteiger partial charge in [-0.05, 0) is 24.7 Å². The van der Waals surface area contributed by atoms with Crippen molar-refractivity contribution in [3.8, 4) is 0 Å². The van der Waals surface area contributed by atoms with Crippen LogP contribution in [0.5, 0.6) is 0 Å². The maximum Gasteiger partial charge on any atom is 0.335 e. The molecular formula is C11H20O3. The first-order valence-electron chi connectivity index (χ1n) is 5.33. The summed E-state index contributed by atoms with van der Waals surface area (Å²) >= 11 is 0. The molecule has 0 aromatic carbocycles. The maximum atomic E-state index is 11.1. The quantitative estimate of drug-likeness (QED) is 0.715. The van der Waals surface area contributed by atoms with Crippen LogP contribution in [-0.4, -0.2) is 21.8 Å². The molecule has 2 N–H and O–H groups in total. The van der Waals surface area contributed by atoms with Crippen LogP contribution in [0.2, 0.25) is 0 Å². The Morgan fingerprint density at radius 3 is 2.43 bits per heavy atom. The van der Waals surface area contributed by atoms with Gasteiger partial charge in [-0.2, -0.15) is 0 Å². The third kappa shape index (κ3) is 1.92. The van der Waals surface area contributed by atoms with Crippen LogP contribution in [0.1, 0.15) is 40.0 Å². The monoisotopic (exact) mass is 200 g/mol. The number of aliphatic carboxylic acids is 1. The number of aliphatic hydroxyl groups is 1. The lowest BCUT2D eigenvalue weighted by atomic mass is 9.67. The van der Waals surface area contributed by atoms with Crippen LogP contribution in [0, 0.1) is 17.8 Å². The van der Waals surface area contributed by atoms with Crippen LogP contribution in [-0.2, 0) is 4.79 Å². The molecule has 1 aliphatic carbocycles. The van der Waals surface area contributed by atoms with Crippen molar-refractivity contribution < 1.29 is 15.0 Å². The van der Waals surface area contributed by atoms with Gasteiger partial charge in [0.2, 0.25) is 0 Å². The molecule has 0 spiro atoms. The van der Waals surface area contributed by atoms with Crippen LogP contribution in [0.4, 0.5) is 0 Å². The van der Waals surface area contributed by atoms with Crippen molar-refractivity contribution in [2.45, 2.75) is 45.6 Å². The summed E-state index contributed by atoms with van der Waals surface area (Å²) in [7, 11) is 0. The molecule has 3 unspecified atom stereocenters. The van der Waals surface area contributed by atoms with E-state index in [-0.39, 0.29) is 11.8 Å². The molecule has 1 aliphatic rings. The predicted molar refractivity (Wildman–Crippen MR) is 53.9 cm³/mol. The van der Waals surface area contributed by atoms with E-state index in [2.05, 4.69) is 0 Å². The Hall–Kier alpha value is -0.570. The van der Waals surface area contributed by atoms with Crippen molar-refractivity contribution in [3.05, 3.63) is 0 Å². The molecule has 0 saturated heterocycles. The highest BCUT2D eigenvalue weighted by Crippen LogP contribution is 2.41.